The van der Waals surface area contributed by atoms with Crippen molar-refractivity contribution in [2.45, 2.75) is 19.3 Å². The molecule has 16 heavy (non-hydrogen) atoms. The first-order valence-electron chi connectivity index (χ1n) is 5.57. The molecule has 1 saturated heterocycles. The van der Waals surface area contributed by atoms with Gasteiger partial charge in [-0.1, -0.05) is 11.8 Å². The summed E-state index contributed by atoms with van der Waals surface area (Å²) in [5.41, 5.74) is 0.879. The number of nitrogens with zero attached hydrogens (tertiary/aromatic N) is 3. The Bertz CT molecular complexity index is 385. The summed E-state index contributed by atoms with van der Waals surface area (Å²) in [6.07, 6.45) is 6.88. The van der Waals surface area contributed by atoms with Gasteiger partial charge in [0.05, 0.1) is 5.56 Å². The minimum absolute atomic E-state index is 0.791. The van der Waals surface area contributed by atoms with Crippen LogP contribution in [0.5, 0.6) is 0 Å². The molecule has 0 atom stereocenters. The van der Waals surface area contributed by atoms with E-state index in [1.165, 1.54) is 12.8 Å². The van der Waals surface area contributed by atoms with E-state index < -0.39 is 0 Å². The number of hydrogen-bond donors (Lipinski definition) is 1. The summed E-state index contributed by atoms with van der Waals surface area (Å²) in [6, 6.07) is 0. The smallest absolute Gasteiger partial charge is 0.225 e. The predicted molar refractivity (Wildman–Crippen MR) is 68.8 cm³/mol. The molecule has 0 saturated carbocycles. The molecule has 84 valence electrons. The first kappa shape index (κ1) is 11.3. The molecule has 1 fully saturated rings. The van der Waals surface area contributed by atoms with Crippen LogP contribution in [0.2, 0.25) is 0 Å². The Morgan fingerprint density at radius 2 is 1.94 bits per heavy atom. The quantitative estimate of drug-likeness (QED) is 0.623. The second-order valence-corrected chi connectivity index (χ2v) is 4.19. The Morgan fingerprint density at radius 1 is 1.25 bits per heavy atom. The van der Waals surface area contributed by atoms with E-state index in [0.717, 1.165) is 36.8 Å². The maximum atomic E-state index is 4.33. The molecule has 0 spiro atoms. The molecule has 4 heteroatoms. The fourth-order valence-electron chi connectivity index (χ4n) is 1.69. The van der Waals surface area contributed by atoms with Gasteiger partial charge in [0.1, 0.15) is 0 Å². The maximum Gasteiger partial charge on any atom is 0.225 e. The van der Waals surface area contributed by atoms with Crippen LogP contribution < -0.4 is 4.90 Å². The van der Waals surface area contributed by atoms with Gasteiger partial charge in [0.25, 0.3) is 0 Å². The number of anilines is 1. The van der Waals surface area contributed by atoms with Gasteiger partial charge in [-0.15, -0.1) is 0 Å². The third kappa shape index (κ3) is 2.89. The third-order valence-electron chi connectivity index (χ3n) is 2.50. The highest BCUT2D eigenvalue weighted by atomic mass is 32.1. The third-order valence-corrected chi connectivity index (χ3v) is 2.72. The zero-order valence-corrected chi connectivity index (χ0v) is 10.1. The maximum absolute atomic E-state index is 4.33. The Balaban J connectivity index is 2.02. The summed E-state index contributed by atoms with van der Waals surface area (Å²) in [7, 11) is 0. The van der Waals surface area contributed by atoms with E-state index in [-0.39, 0.29) is 0 Å². The molecule has 2 heterocycles. The van der Waals surface area contributed by atoms with Gasteiger partial charge in [0.2, 0.25) is 5.95 Å². The van der Waals surface area contributed by atoms with Gasteiger partial charge in [-0.3, -0.25) is 0 Å². The van der Waals surface area contributed by atoms with Crippen LogP contribution in [0.25, 0.3) is 0 Å². The van der Waals surface area contributed by atoms with Crippen molar-refractivity contribution in [1.29, 1.82) is 0 Å². The fraction of sp³-hybridized carbons (Fsp3) is 0.500. The predicted octanol–water partition coefficient (Wildman–Crippen LogP) is 1.75. The molecule has 0 N–H and O–H groups in total. The van der Waals surface area contributed by atoms with E-state index in [4.69, 9.17) is 0 Å². The van der Waals surface area contributed by atoms with Crippen molar-refractivity contribution in [3.05, 3.63) is 18.0 Å². The highest BCUT2D eigenvalue weighted by molar-refractivity contribution is 7.80. The van der Waals surface area contributed by atoms with Crippen molar-refractivity contribution in [3.63, 3.8) is 0 Å². The summed E-state index contributed by atoms with van der Waals surface area (Å²) in [4.78, 5) is 10.9. The summed E-state index contributed by atoms with van der Waals surface area (Å²) in [5.74, 6) is 7.66. The van der Waals surface area contributed by atoms with Crippen LogP contribution in [-0.2, 0) is 0 Å². The molecule has 0 aromatic carbocycles. The minimum Gasteiger partial charge on any atom is -0.341 e. The molecule has 1 aromatic heterocycles. The van der Waals surface area contributed by atoms with E-state index in [1.807, 2.05) is 0 Å². The topological polar surface area (TPSA) is 29.0 Å². The van der Waals surface area contributed by atoms with E-state index in [9.17, 15) is 0 Å². The highest BCUT2D eigenvalue weighted by Gasteiger charge is 2.13. The van der Waals surface area contributed by atoms with Gasteiger partial charge >= 0.3 is 0 Å². The van der Waals surface area contributed by atoms with Gasteiger partial charge in [0, 0.05) is 37.7 Å². The van der Waals surface area contributed by atoms with E-state index in [0.29, 0.717) is 0 Å². The van der Waals surface area contributed by atoms with Crippen molar-refractivity contribution in [3.8, 4) is 11.8 Å². The van der Waals surface area contributed by atoms with E-state index in [2.05, 4.69) is 39.3 Å². The average molecular weight is 233 g/mol. The van der Waals surface area contributed by atoms with Crippen LogP contribution in [0, 0.1) is 11.8 Å². The molecule has 0 aliphatic carbocycles. The normalized spacial score (nSPS) is 14.7. The Kier molecular flexibility index (Phi) is 4.06. The molecule has 1 aromatic rings. The monoisotopic (exact) mass is 233 g/mol. The van der Waals surface area contributed by atoms with Gasteiger partial charge < -0.3 is 4.90 Å². The largest absolute Gasteiger partial charge is 0.341 e. The first-order valence-corrected chi connectivity index (χ1v) is 6.20. The number of aromatic nitrogens is 2. The summed E-state index contributed by atoms with van der Waals surface area (Å²) < 4.78 is 0. The highest BCUT2D eigenvalue weighted by Crippen LogP contribution is 2.14. The lowest BCUT2D eigenvalue weighted by atomic mass is 10.3. The van der Waals surface area contributed by atoms with Crippen molar-refractivity contribution in [1.82, 2.24) is 9.97 Å². The summed E-state index contributed by atoms with van der Waals surface area (Å²) >= 11 is 4.10. The lowest BCUT2D eigenvalue weighted by Crippen LogP contribution is -2.20. The van der Waals surface area contributed by atoms with Gasteiger partial charge in [0.15, 0.2) is 0 Å². The summed E-state index contributed by atoms with van der Waals surface area (Å²) in [5, 5.41) is 0. The lowest BCUT2D eigenvalue weighted by molar-refractivity contribution is 0.897. The Labute approximate surface area is 102 Å². The molecule has 0 radical (unpaired) electrons. The van der Waals surface area contributed by atoms with Crippen molar-refractivity contribution < 1.29 is 0 Å². The van der Waals surface area contributed by atoms with Gasteiger partial charge in [-0.05, 0) is 12.8 Å². The lowest BCUT2D eigenvalue weighted by Gasteiger charge is -2.13. The van der Waals surface area contributed by atoms with Crippen molar-refractivity contribution >= 4 is 18.6 Å². The zero-order chi connectivity index (χ0) is 11.2. The van der Waals surface area contributed by atoms with Crippen LogP contribution in [0.15, 0.2) is 12.4 Å². The molecule has 1 aliphatic heterocycles. The molecule has 2 rings (SSSR count). The first-order chi connectivity index (χ1) is 7.90. The number of thiol groups is 1. The molecular formula is C12H15N3S. The summed E-state index contributed by atoms with van der Waals surface area (Å²) in [6.45, 7) is 2.15. The molecule has 0 bridgehead atoms. The number of rotatable bonds is 2. The second-order valence-electron chi connectivity index (χ2n) is 3.74. The molecule has 0 unspecified atom stereocenters. The second kappa shape index (κ2) is 5.76. The number of hydrogen-bond acceptors (Lipinski definition) is 4. The van der Waals surface area contributed by atoms with Crippen LogP contribution in [0.3, 0.4) is 0 Å². The molecular weight excluding hydrogens is 218 g/mol. The van der Waals surface area contributed by atoms with Crippen molar-refractivity contribution in [2.24, 2.45) is 0 Å². The zero-order valence-electron chi connectivity index (χ0n) is 9.19. The average Bonchev–Trinajstić information content (AvgIpc) is 2.84. The minimum atomic E-state index is 0.791. The molecule has 0 amide bonds. The van der Waals surface area contributed by atoms with Crippen LogP contribution in [0.4, 0.5) is 5.95 Å². The SMILES string of the molecule is SCCC#Cc1cnc(N2CCCC2)nc1. The molecule has 3 nitrogen and oxygen atoms in total. The Hall–Kier alpha value is -1.21. The van der Waals surface area contributed by atoms with Gasteiger partial charge in [-0.25, -0.2) is 9.97 Å². The Morgan fingerprint density at radius 3 is 2.56 bits per heavy atom. The fourth-order valence-corrected chi connectivity index (χ4v) is 1.80. The standard InChI is InChI=1S/C12H15N3S/c16-8-4-1-5-11-9-13-12(14-10-11)15-6-2-3-7-15/h9-10,16H,2-4,6-8H2. The van der Waals surface area contributed by atoms with Gasteiger partial charge in [-0.2, -0.15) is 12.6 Å². The van der Waals surface area contributed by atoms with Crippen LogP contribution in [-0.4, -0.2) is 28.8 Å². The van der Waals surface area contributed by atoms with Crippen LogP contribution in [0.1, 0.15) is 24.8 Å². The van der Waals surface area contributed by atoms with E-state index >= 15 is 0 Å². The molecule has 1 aliphatic rings. The van der Waals surface area contributed by atoms with Crippen molar-refractivity contribution in [2.75, 3.05) is 23.7 Å². The van der Waals surface area contributed by atoms with E-state index in [1.54, 1.807) is 12.4 Å². The van der Waals surface area contributed by atoms with Crippen LogP contribution >= 0.6 is 12.6 Å².